The van der Waals surface area contributed by atoms with E-state index < -0.39 is 0 Å². The Morgan fingerprint density at radius 2 is 2.11 bits per heavy atom. The van der Waals surface area contributed by atoms with Crippen molar-refractivity contribution in [1.82, 2.24) is 4.90 Å². The molecule has 0 radical (unpaired) electrons. The largest absolute Gasteiger partial charge is 0.330 e. The maximum Gasteiger partial charge on any atom is 0.127 e. The van der Waals surface area contributed by atoms with Gasteiger partial charge < -0.3 is 5.73 Å². The number of piperidine rings is 1. The highest BCUT2D eigenvalue weighted by Gasteiger charge is 2.19. The highest BCUT2D eigenvalue weighted by Crippen LogP contribution is 2.19. The highest BCUT2D eigenvalue weighted by molar-refractivity contribution is 5.33. The number of nitriles is 1. The molecule has 3 nitrogen and oxygen atoms in total. The van der Waals surface area contributed by atoms with E-state index in [1.807, 2.05) is 6.07 Å². The first-order valence-electron chi connectivity index (χ1n) is 6.34. The molecule has 1 heterocycles. The molecule has 0 saturated carbocycles. The summed E-state index contributed by atoms with van der Waals surface area (Å²) >= 11 is 0. The van der Waals surface area contributed by atoms with E-state index in [0.717, 1.165) is 32.5 Å². The van der Waals surface area contributed by atoms with Gasteiger partial charge in [-0.1, -0.05) is 0 Å². The Balaban J connectivity index is 2.00. The van der Waals surface area contributed by atoms with Crippen LogP contribution in [0.4, 0.5) is 4.39 Å². The molecule has 1 aromatic rings. The van der Waals surface area contributed by atoms with Crippen LogP contribution in [0.1, 0.15) is 24.0 Å². The number of hydrogen-bond donors (Lipinski definition) is 1. The Morgan fingerprint density at radius 3 is 2.72 bits per heavy atom. The van der Waals surface area contributed by atoms with Crippen molar-refractivity contribution in [2.45, 2.75) is 19.4 Å². The lowest BCUT2D eigenvalue weighted by atomic mass is 9.96. The number of nitrogens with zero attached hydrogens (tertiary/aromatic N) is 2. The first-order chi connectivity index (χ1) is 8.72. The molecule has 4 heteroatoms. The highest BCUT2D eigenvalue weighted by atomic mass is 19.1. The summed E-state index contributed by atoms with van der Waals surface area (Å²) in [6, 6.07) is 6.58. The minimum atomic E-state index is -0.227. The van der Waals surface area contributed by atoms with Crippen molar-refractivity contribution in [3.63, 3.8) is 0 Å². The van der Waals surface area contributed by atoms with E-state index in [1.54, 1.807) is 6.07 Å². The average molecular weight is 247 g/mol. The van der Waals surface area contributed by atoms with Gasteiger partial charge in [0.15, 0.2) is 0 Å². The van der Waals surface area contributed by atoms with Gasteiger partial charge in [-0.25, -0.2) is 4.39 Å². The van der Waals surface area contributed by atoms with E-state index in [2.05, 4.69) is 4.90 Å². The van der Waals surface area contributed by atoms with Gasteiger partial charge in [0.1, 0.15) is 5.82 Å². The fourth-order valence-electron chi connectivity index (χ4n) is 2.39. The van der Waals surface area contributed by atoms with E-state index in [9.17, 15) is 4.39 Å². The molecule has 18 heavy (non-hydrogen) atoms. The topological polar surface area (TPSA) is 53.0 Å². The predicted molar refractivity (Wildman–Crippen MR) is 68.2 cm³/mol. The minimum absolute atomic E-state index is 0.227. The molecule has 1 aromatic carbocycles. The maximum absolute atomic E-state index is 13.6. The summed E-state index contributed by atoms with van der Waals surface area (Å²) in [7, 11) is 0. The van der Waals surface area contributed by atoms with Crippen LogP contribution >= 0.6 is 0 Å². The summed E-state index contributed by atoms with van der Waals surface area (Å²) in [6.07, 6.45) is 2.16. The van der Waals surface area contributed by atoms with Crippen LogP contribution in [-0.4, -0.2) is 24.5 Å². The van der Waals surface area contributed by atoms with Crippen LogP contribution in [0.25, 0.3) is 0 Å². The molecule has 0 bridgehead atoms. The number of benzene rings is 1. The minimum Gasteiger partial charge on any atom is -0.330 e. The van der Waals surface area contributed by atoms with Crippen LogP contribution in [0, 0.1) is 23.1 Å². The molecule has 1 saturated heterocycles. The number of nitrogens with two attached hydrogens (primary N) is 1. The molecule has 0 spiro atoms. The van der Waals surface area contributed by atoms with Gasteiger partial charge in [-0.2, -0.15) is 5.26 Å². The van der Waals surface area contributed by atoms with Crippen LogP contribution in [0.3, 0.4) is 0 Å². The third-order valence-corrected chi connectivity index (χ3v) is 3.61. The lowest BCUT2D eigenvalue weighted by molar-refractivity contribution is 0.178. The van der Waals surface area contributed by atoms with Crippen molar-refractivity contribution in [1.29, 1.82) is 5.26 Å². The van der Waals surface area contributed by atoms with Crippen LogP contribution in [0.15, 0.2) is 18.2 Å². The van der Waals surface area contributed by atoms with Gasteiger partial charge in [-0.05, 0) is 56.6 Å². The molecule has 96 valence electrons. The van der Waals surface area contributed by atoms with Crippen molar-refractivity contribution in [3.8, 4) is 6.07 Å². The molecule has 1 aliphatic heterocycles. The first-order valence-corrected chi connectivity index (χ1v) is 6.34. The van der Waals surface area contributed by atoms with Crippen LogP contribution in [0.5, 0.6) is 0 Å². The molecule has 0 aromatic heterocycles. The van der Waals surface area contributed by atoms with Gasteiger partial charge >= 0.3 is 0 Å². The van der Waals surface area contributed by atoms with Crippen LogP contribution in [0.2, 0.25) is 0 Å². The molecule has 1 aliphatic rings. The Bertz CT molecular complexity index is 445. The second-order valence-electron chi connectivity index (χ2n) is 4.87. The van der Waals surface area contributed by atoms with Crippen LogP contribution in [-0.2, 0) is 6.54 Å². The maximum atomic E-state index is 13.6. The van der Waals surface area contributed by atoms with E-state index in [4.69, 9.17) is 11.0 Å². The fraction of sp³-hybridized carbons (Fsp3) is 0.500. The molecular formula is C14H18FN3. The Morgan fingerprint density at radius 1 is 1.39 bits per heavy atom. The molecule has 2 rings (SSSR count). The summed E-state index contributed by atoms with van der Waals surface area (Å²) in [5.74, 6) is 0.381. The van der Waals surface area contributed by atoms with Gasteiger partial charge in [0, 0.05) is 12.1 Å². The van der Waals surface area contributed by atoms with E-state index >= 15 is 0 Å². The van der Waals surface area contributed by atoms with Crippen molar-refractivity contribution in [2.24, 2.45) is 11.7 Å². The number of hydrogen-bond acceptors (Lipinski definition) is 3. The van der Waals surface area contributed by atoms with E-state index in [1.165, 1.54) is 12.1 Å². The van der Waals surface area contributed by atoms with Gasteiger partial charge in [-0.3, -0.25) is 4.90 Å². The van der Waals surface area contributed by atoms with Gasteiger partial charge in [0.2, 0.25) is 0 Å². The molecule has 1 fully saturated rings. The number of halogens is 1. The Hall–Kier alpha value is -1.44. The van der Waals surface area contributed by atoms with Crippen molar-refractivity contribution >= 4 is 0 Å². The SMILES string of the molecule is N#Cc1ccc(F)c(CN2CCC(CN)CC2)c1. The summed E-state index contributed by atoms with van der Waals surface area (Å²) < 4.78 is 13.6. The summed E-state index contributed by atoms with van der Waals surface area (Å²) in [4.78, 5) is 2.23. The number of rotatable bonds is 3. The molecule has 0 aliphatic carbocycles. The zero-order valence-corrected chi connectivity index (χ0v) is 10.4. The first kappa shape index (κ1) is 13.0. The zero-order chi connectivity index (χ0) is 13.0. The number of likely N-dealkylation sites (tertiary alicyclic amines) is 1. The third-order valence-electron chi connectivity index (χ3n) is 3.61. The van der Waals surface area contributed by atoms with Crippen molar-refractivity contribution in [2.75, 3.05) is 19.6 Å². The quantitative estimate of drug-likeness (QED) is 0.887. The summed E-state index contributed by atoms with van der Waals surface area (Å²) in [5.41, 5.74) is 6.78. The van der Waals surface area contributed by atoms with Gasteiger partial charge in [-0.15, -0.1) is 0 Å². The molecular weight excluding hydrogens is 229 g/mol. The summed E-state index contributed by atoms with van der Waals surface area (Å²) in [6.45, 7) is 3.24. The molecule has 2 N–H and O–H groups in total. The van der Waals surface area contributed by atoms with E-state index in [-0.39, 0.29) is 5.82 Å². The molecule has 0 amide bonds. The van der Waals surface area contributed by atoms with Crippen LogP contribution < -0.4 is 5.73 Å². The van der Waals surface area contributed by atoms with Gasteiger partial charge in [0.05, 0.1) is 11.6 Å². The van der Waals surface area contributed by atoms with Gasteiger partial charge in [0.25, 0.3) is 0 Å². The second-order valence-corrected chi connectivity index (χ2v) is 4.87. The normalized spacial score (nSPS) is 17.6. The third kappa shape index (κ3) is 3.06. The standard InChI is InChI=1S/C14H18FN3/c15-14-2-1-12(9-17)7-13(14)10-18-5-3-11(8-16)4-6-18/h1-2,7,11H,3-6,8,10,16H2. The van der Waals surface area contributed by atoms with E-state index in [0.29, 0.717) is 23.6 Å². The van der Waals surface area contributed by atoms with Crippen molar-refractivity contribution in [3.05, 3.63) is 35.1 Å². The lowest BCUT2D eigenvalue weighted by Gasteiger charge is -2.31. The fourth-order valence-corrected chi connectivity index (χ4v) is 2.39. The molecule has 0 atom stereocenters. The Labute approximate surface area is 107 Å². The Kier molecular flexibility index (Phi) is 4.29. The monoisotopic (exact) mass is 247 g/mol. The molecule has 0 unspecified atom stereocenters. The zero-order valence-electron chi connectivity index (χ0n) is 10.4. The summed E-state index contributed by atoms with van der Waals surface area (Å²) in [5, 5.41) is 8.83. The van der Waals surface area contributed by atoms with Crippen molar-refractivity contribution < 1.29 is 4.39 Å². The smallest absolute Gasteiger partial charge is 0.127 e. The lowest BCUT2D eigenvalue weighted by Crippen LogP contribution is -2.35. The second kappa shape index (κ2) is 5.94. The average Bonchev–Trinajstić information content (AvgIpc) is 2.42. The predicted octanol–water partition coefficient (Wildman–Crippen LogP) is 1.87.